The van der Waals surface area contributed by atoms with Crippen molar-refractivity contribution in [3.8, 4) is 0 Å². The number of morpholine rings is 1. The first-order chi connectivity index (χ1) is 13.8. The van der Waals surface area contributed by atoms with Crippen LogP contribution in [0.4, 0.5) is 0 Å². The number of ether oxygens (including phenoxy) is 1. The molecule has 28 heavy (non-hydrogen) atoms. The average molecular weight is 381 g/mol. The first kappa shape index (κ1) is 17.8. The highest BCUT2D eigenvalue weighted by Crippen LogP contribution is 2.29. The molecular weight excluding hydrogens is 354 g/mol. The number of nitrogens with zero attached hydrogens (tertiary/aromatic N) is 4. The topological polar surface area (TPSA) is 70.4 Å². The lowest BCUT2D eigenvalue weighted by Crippen LogP contribution is -2.37. The number of aromatic amines is 1. The average Bonchev–Trinajstić information content (AvgIpc) is 3.35. The zero-order chi connectivity index (χ0) is 18.8. The van der Waals surface area contributed by atoms with Gasteiger partial charge in [-0.25, -0.2) is 4.98 Å². The monoisotopic (exact) mass is 381 g/mol. The molecule has 0 radical (unpaired) electrons. The normalized spacial score (nSPS) is 22.1. The predicted octanol–water partition coefficient (Wildman–Crippen LogP) is 2.76. The maximum atomic E-state index is 5.93. The van der Waals surface area contributed by atoms with Crippen LogP contribution in [0.3, 0.4) is 0 Å². The number of H-pyrrole nitrogens is 1. The molecular formula is C21H27N5O2. The maximum absolute atomic E-state index is 5.93. The number of hydrogen-bond donors (Lipinski definition) is 1. The van der Waals surface area contributed by atoms with Crippen LogP contribution in [0.25, 0.3) is 11.1 Å². The van der Waals surface area contributed by atoms with Crippen molar-refractivity contribution in [1.29, 1.82) is 0 Å². The lowest BCUT2D eigenvalue weighted by atomic mass is 9.92. The van der Waals surface area contributed by atoms with Crippen LogP contribution >= 0.6 is 0 Å². The predicted molar refractivity (Wildman–Crippen MR) is 106 cm³/mol. The van der Waals surface area contributed by atoms with Crippen LogP contribution in [-0.4, -0.2) is 64.4 Å². The van der Waals surface area contributed by atoms with E-state index < -0.39 is 0 Å². The third kappa shape index (κ3) is 3.83. The number of nitrogens with one attached hydrogen (secondary N) is 1. The van der Waals surface area contributed by atoms with Crippen molar-refractivity contribution in [2.24, 2.45) is 0 Å². The van der Waals surface area contributed by atoms with E-state index in [1.165, 1.54) is 24.1 Å². The molecule has 7 nitrogen and oxygen atoms in total. The Kier molecular flexibility index (Phi) is 5.12. The third-order valence-electron chi connectivity index (χ3n) is 5.86. The van der Waals surface area contributed by atoms with E-state index >= 15 is 0 Å². The van der Waals surface area contributed by atoms with Crippen LogP contribution in [-0.2, 0) is 17.8 Å². The molecule has 1 aromatic carbocycles. The fourth-order valence-electron chi connectivity index (χ4n) is 4.41. The number of piperidine rings is 1. The maximum Gasteiger partial charge on any atom is 0.209 e. The molecule has 7 heteroatoms. The quantitative estimate of drug-likeness (QED) is 0.733. The first-order valence-electron chi connectivity index (χ1n) is 10.2. The number of para-hydroxylation sites is 2. The summed E-state index contributed by atoms with van der Waals surface area (Å²) in [6.07, 6.45) is 4.38. The number of fused-ring (bicyclic) bond motifs is 1. The lowest BCUT2D eigenvalue weighted by Gasteiger charge is -2.32. The summed E-state index contributed by atoms with van der Waals surface area (Å²) < 4.78 is 11.4. The Bertz CT molecular complexity index is 881. The second-order valence-electron chi connectivity index (χ2n) is 7.85. The van der Waals surface area contributed by atoms with Gasteiger partial charge in [-0.3, -0.25) is 14.9 Å². The highest BCUT2D eigenvalue weighted by Gasteiger charge is 2.26. The summed E-state index contributed by atoms with van der Waals surface area (Å²) in [5.41, 5.74) is 4.43. The van der Waals surface area contributed by atoms with Gasteiger partial charge in [0, 0.05) is 43.4 Å². The molecule has 2 aromatic heterocycles. The molecule has 3 aromatic rings. The van der Waals surface area contributed by atoms with E-state index in [2.05, 4.69) is 25.0 Å². The van der Waals surface area contributed by atoms with E-state index in [4.69, 9.17) is 9.15 Å². The largest absolute Gasteiger partial charge is 0.439 e. The van der Waals surface area contributed by atoms with Crippen molar-refractivity contribution < 1.29 is 9.15 Å². The molecule has 0 bridgehead atoms. The van der Waals surface area contributed by atoms with Gasteiger partial charge in [0.2, 0.25) is 5.89 Å². The van der Waals surface area contributed by atoms with E-state index in [-0.39, 0.29) is 0 Å². The van der Waals surface area contributed by atoms with Crippen molar-refractivity contribution in [2.75, 3.05) is 39.4 Å². The fourth-order valence-corrected chi connectivity index (χ4v) is 4.41. The van der Waals surface area contributed by atoms with Gasteiger partial charge in [-0.1, -0.05) is 12.1 Å². The summed E-state index contributed by atoms with van der Waals surface area (Å²) in [5, 5.41) is 7.67. The fraction of sp³-hybridized carbons (Fsp3) is 0.524. The van der Waals surface area contributed by atoms with Crippen molar-refractivity contribution in [2.45, 2.75) is 31.8 Å². The Hall–Kier alpha value is -2.22. The van der Waals surface area contributed by atoms with Crippen molar-refractivity contribution in [3.05, 3.63) is 47.6 Å². The molecule has 0 spiro atoms. The Labute approximate surface area is 164 Å². The summed E-state index contributed by atoms with van der Waals surface area (Å²) in [6.45, 7) is 7.47. The summed E-state index contributed by atoms with van der Waals surface area (Å²) in [5.74, 6) is 1.29. The van der Waals surface area contributed by atoms with E-state index in [0.717, 1.165) is 69.5 Å². The van der Waals surface area contributed by atoms with Gasteiger partial charge in [0.1, 0.15) is 5.52 Å². The molecule has 0 unspecified atom stereocenters. The van der Waals surface area contributed by atoms with Gasteiger partial charge in [-0.05, 0) is 31.5 Å². The van der Waals surface area contributed by atoms with E-state index in [0.29, 0.717) is 5.92 Å². The molecule has 0 aliphatic carbocycles. The van der Waals surface area contributed by atoms with Gasteiger partial charge < -0.3 is 9.15 Å². The third-order valence-corrected chi connectivity index (χ3v) is 5.86. The van der Waals surface area contributed by atoms with Crippen molar-refractivity contribution in [1.82, 2.24) is 25.0 Å². The van der Waals surface area contributed by atoms with Crippen LogP contribution in [0.1, 0.15) is 35.9 Å². The zero-order valence-electron chi connectivity index (χ0n) is 16.1. The summed E-state index contributed by atoms with van der Waals surface area (Å²) in [7, 11) is 0. The number of aromatic nitrogens is 3. The molecule has 2 aliphatic heterocycles. The van der Waals surface area contributed by atoms with Crippen LogP contribution in [0.2, 0.25) is 0 Å². The number of likely N-dealkylation sites (tertiary alicyclic amines) is 1. The zero-order valence-corrected chi connectivity index (χ0v) is 16.1. The van der Waals surface area contributed by atoms with Gasteiger partial charge in [0.05, 0.1) is 26.0 Å². The van der Waals surface area contributed by atoms with E-state index in [9.17, 15) is 0 Å². The number of benzene rings is 1. The smallest absolute Gasteiger partial charge is 0.209 e. The molecule has 2 saturated heterocycles. The molecule has 4 heterocycles. The minimum Gasteiger partial charge on any atom is -0.439 e. The second kappa shape index (κ2) is 8.03. The second-order valence-corrected chi connectivity index (χ2v) is 7.85. The summed E-state index contributed by atoms with van der Waals surface area (Å²) >= 11 is 0. The highest BCUT2D eigenvalue weighted by atomic mass is 16.5. The Morgan fingerprint density at radius 1 is 1.07 bits per heavy atom. The Morgan fingerprint density at radius 2 is 1.96 bits per heavy atom. The number of oxazole rings is 1. The van der Waals surface area contributed by atoms with Crippen molar-refractivity contribution in [3.63, 3.8) is 0 Å². The van der Waals surface area contributed by atoms with Gasteiger partial charge >= 0.3 is 0 Å². The highest BCUT2D eigenvalue weighted by molar-refractivity contribution is 5.72. The van der Waals surface area contributed by atoms with Crippen molar-refractivity contribution >= 4 is 11.1 Å². The molecule has 0 amide bonds. The van der Waals surface area contributed by atoms with Gasteiger partial charge in [0.25, 0.3) is 0 Å². The van der Waals surface area contributed by atoms with E-state index in [1.807, 2.05) is 30.5 Å². The van der Waals surface area contributed by atoms with Gasteiger partial charge in [-0.2, -0.15) is 5.10 Å². The molecule has 1 N–H and O–H groups in total. The van der Waals surface area contributed by atoms with Crippen LogP contribution in [0.5, 0.6) is 0 Å². The Balaban J connectivity index is 1.26. The lowest BCUT2D eigenvalue weighted by molar-refractivity contribution is 0.0339. The molecule has 5 rings (SSSR count). The first-order valence-corrected chi connectivity index (χ1v) is 10.2. The van der Waals surface area contributed by atoms with Crippen LogP contribution < -0.4 is 0 Å². The standard InChI is InChI=1S/C21H27N5O2/c1-2-6-19-18(5-1)23-20(28-19)15-26-7-3-4-16(13-26)21-17(12-22-24-21)14-25-8-10-27-11-9-25/h1-2,5-6,12,16H,3-4,7-11,13-15H2,(H,22,24)/t16-/m1/s1. The number of rotatable bonds is 5. The molecule has 2 fully saturated rings. The molecule has 148 valence electrons. The van der Waals surface area contributed by atoms with E-state index in [1.54, 1.807) is 0 Å². The minimum absolute atomic E-state index is 0.483. The Morgan fingerprint density at radius 3 is 2.86 bits per heavy atom. The van der Waals surface area contributed by atoms with Gasteiger partial charge in [-0.15, -0.1) is 0 Å². The van der Waals surface area contributed by atoms with Crippen LogP contribution in [0.15, 0.2) is 34.9 Å². The summed E-state index contributed by atoms with van der Waals surface area (Å²) in [4.78, 5) is 9.55. The van der Waals surface area contributed by atoms with Crippen LogP contribution in [0, 0.1) is 0 Å². The SMILES string of the molecule is c1ccc2oc(CN3CCC[C@@H](c4[nH]ncc4CN4CCOCC4)C3)nc2c1. The minimum atomic E-state index is 0.483. The summed E-state index contributed by atoms with van der Waals surface area (Å²) in [6, 6.07) is 7.97. The van der Waals surface area contributed by atoms with Gasteiger partial charge in [0.15, 0.2) is 5.58 Å². The molecule has 2 aliphatic rings. The molecule has 1 atom stereocenters. The number of hydrogen-bond acceptors (Lipinski definition) is 6. The molecule has 0 saturated carbocycles.